The molecule has 9 nitrogen and oxygen atoms in total. The molecule has 202 valence electrons. The van der Waals surface area contributed by atoms with Gasteiger partial charge >= 0.3 is 11.9 Å². The summed E-state index contributed by atoms with van der Waals surface area (Å²) >= 11 is 8.14. The molecule has 0 spiro atoms. The van der Waals surface area contributed by atoms with Crippen LogP contribution in [0.3, 0.4) is 0 Å². The Balaban J connectivity index is 2.27. The van der Waals surface area contributed by atoms with Gasteiger partial charge in [0.15, 0.2) is 0 Å². The predicted octanol–water partition coefficient (Wildman–Crippen LogP) is 2.30. The molecule has 0 radical (unpaired) electrons. The van der Waals surface area contributed by atoms with Crippen molar-refractivity contribution in [2.24, 2.45) is 0 Å². The Labute approximate surface area is 226 Å². The van der Waals surface area contributed by atoms with Gasteiger partial charge in [0.2, 0.25) is 11.8 Å². The van der Waals surface area contributed by atoms with Crippen molar-refractivity contribution in [3.05, 3.63) is 0 Å². The van der Waals surface area contributed by atoms with E-state index < -0.39 is 32.9 Å². The number of rotatable bonds is 16. The summed E-state index contributed by atoms with van der Waals surface area (Å²) in [6, 6.07) is 0. The second-order valence-corrected chi connectivity index (χ2v) is 15.5. The van der Waals surface area contributed by atoms with Crippen LogP contribution in [0.1, 0.15) is 53.9 Å². The number of hydrogen-bond acceptors (Lipinski definition) is 9. The molecule has 1 rings (SSSR count). The molecule has 35 heavy (non-hydrogen) atoms. The van der Waals surface area contributed by atoms with Crippen LogP contribution in [0.4, 0.5) is 0 Å². The van der Waals surface area contributed by atoms with Crippen molar-refractivity contribution >= 4 is 71.7 Å². The highest BCUT2D eigenvalue weighted by molar-refractivity contribution is 8.22. The first-order valence-corrected chi connectivity index (χ1v) is 14.8. The Morgan fingerprint density at radius 1 is 1.00 bits per heavy atom. The maximum Gasteiger partial charge on any atom is 0.318 e. The third-order valence-electron chi connectivity index (χ3n) is 5.35. The molecule has 0 aliphatic carbocycles. The Bertz CT molecular complexity index is 753. The van der Waals surface area contributed by atoms with Crippen molar-refractivity contribution < 1.29 is 29.4 Å². The first-order valence-electron chi connectivity index (χ1n) is 11.6. The molecule has 0 aromatic carbocycles. The zero-order valence-corrected chi connectivity index (χ0v) is 24.3. The van der Waals surface area contributed by atoms with Gasteiger partial charge in [-0.3, -0.25) is 19.2 Å². The number of thiol groups is 1. The molecule has 1 heterocycles. The van der Waals surface area contributed by atoms with Crippen molar-refractivity contribution in [1.82, 2.24) is 16.0 Å². The third-order valence-corrected chi connectivity index (χ3v) is 11.1. The number of carboxylic acids is 2. The average Bonchev–Trinajstić information content (AvgIpc) is 3.11. The second kappa shape index (κ2) is 14.8. The van der Waals surface area contributed by atoms with Crippen molar-refractivity contribution in [2.45, 2.75) is 83.7 Å². The monoisotopic (exact) mass is 569 g/mol. The number of carboxylic acid groups (broad SMARTS) is 2. The van der Waals surface area contributed by atoms with Gasteiger partial charge in [-0.05, 0) is 46.2 Å². The molecule has 0 aromatic heterocycles. The quantitative estimate of drug-likeness (QED) is 0.121. The van der Waals surface area contributed by atoms with Gasteiger partial charge in [-0.2, -0.15) is 12.6 Å². The SMILES string of the molecule is CCC(C)(C)SC(C(=O)NCCCNCCCNC(=O)C1SC(C)(C)SC1C(=O)O)C(S)C(=O)O. The summed E-state index contributed by atoms with van der Waals surface area (Å²) in [7, 11) is 0. The fourth-order valence-corrected chi connectivity index (χ4v) is 7.91. The van der Waals surface area contributed by atoms with E-state index >= 15 is 0 Å². The standard InChI is InChI=1S/C22H39N3O6S4/c1-6-21(2,3)33-14(13(32)19(28)29)17(26)24-11-7-9-23-10-8-12-25-18(27)15-16(20(30)31)35-22(4,5)34-15/h13-16,23,32H,6-12H2,1-5H3,(H,24,26)(H,25,27)(H,28,29)(H,30,31). The second-order valence-electron chi connectivity index (χ2n) is 9.29. The van der Waals surface area contributed by atoms with Gasteiger partial charge in [0, 0.05) is 17.8 Å². The Kier molecular flexibility index (Phi) is 13.7. The van der Waals surface area contributed by atoms with Crippen molar-refractivity contribution in [1.29, 1.82) is 0 Å². The van der Waals surface area contributed by atoms with Gasteiger partial charge in [-0.1, -0.05) is 20.8 Å². The number of thioether (sulfide) groups is 3. The van der Waals surface area contributed by atoms with Crippen LogP contribution in [0.25, 0.3) is 0 Å². The van der Waals surface area contributed by atoms with E-state index in [4.69, 9.17) is 0 Å². The lowest BCUT2D eigenvalue weighted by atomic mass is 10.1. The van der Waals surface area contributed by atoms with E-state index in [0.29, 0.717) is 39.0 Å². The van der Waals surface area contributed by atoms with Gasteiger partial charge in [0.25, 0.3) is 0 Å². The zero-order valence-electron chi connectivity index (χ0n) is 21.0. The molecule has 2 amide bonds. The topological polar surface area (TPSA) is 145 Å². The lowest BCUT2D eigenvalue weighted by molar-refractivity contribution is -0.138. The smallest absolute Gasteiger partial charge is 0.318 e. The number of carbonyl (C=O) groups excluding carboxylic acids is 2. The number of amides is 2. The van der Waals surface area contributed by atoms with Crippen LogP contribution in [0.2, 0.25) is 0 Å². The maximum absolute atomic E-state index is 12.6. The van der Waals surface area contributed by atoms with E-state index in [1.54, 1.807) is 0 Å². The molecule has 13 heteroatoms. The van der Waals surface area contributed by atoms with Crippen LogP contribution in [0.15, 0.2) is 0 Å². The lowest BCUT2D eigenvalue weighted by Gasteiger charge is -2.29. The van der Waals surface area contributed by atoms with Gasteiger partial charge in [0.05, 0.1) is 4.08 Å². The molecule has 4 unspecified atom stereocenters. The summed E-state index contributed by atoms with van der Waals surface area (Å²) in [6.07, 6.45) is 2.15. The number of hydrogen-bond donors (Lipinski definition) is 6. The van der Waals surface area contributed by atoms with Gasteiger partial charge < -0.3 is 26.2 Å². The first-order chi connectivity index (χ1) is 16.2. The van der Waals surface area contributed by atoms with Gasteiger partial charge in [-0.25, -0.2) is 0 Å². The minimum Gasteiger partial charge on any atom is -0.480 e. The third kappa shape index (κ3) is 11.4. The molecule has 1 aliphatic heterocycles. The van der Waals surface area contributed by atoms with E-state index in [0.717, 1.165) is 6.42 Å². The Morgan fingerprint density at radius 2 is 1.54 bits per heavy atom. The fraction of sp³-hybridized carbons (Fsp3) is 0.818. The van der Waals surface area contributed by atoms with Crippen LogP contribution in [0, 0.1) is 0 Å². The summed E-state index contributed by atoms with van der Waals surface area (Å²) in [5, 5.41) is 24.3. The predicted molar refractivity (Wildman–Crippen MR) is 149 cm³/mol. The van der Waals surface area contributed by atoms with Crippen molar-refractivity contribution in [3.63, 3.8) is 0 Å². The van der Waals surface area contributed by atoms with Crippen LogP contribution in [-0.4, -0.2) is 90.0 Å². The molecular formula is C22H39N3O6S4. The van der Waals surface area contributed by atoms with Crippen LogP contribution in [-0.2, 0) is 19.2 Å². The van der Waals surface area contributed by atoms with E-state index in [1.165, 1.54) is 35.3 Å². The number of aliphatic carboxylic acids is 2. The summed E-state index contributed by atoms with van der Waals surface area (Å²) < 4.78 is -0.552. The molecule has 0 aromatic rings. The lowest BCUT2D eigenvalue weighted by Crippen LogP contribution is -2.44. The van der Waals surface area contributed by atoms with Gasteiger partial charge in [-0.15, -0.1) is 35.3 Å². The normalized spacial score (nSPS) is 21.2. The molecule has 1 aliphatic rings. The maximum atomic E-state index is 12.6. The highest BCUT2D eigenvalue weighted by Gasteiger charge is 2.48. The summed E-state index contributed by atoms with van der Waals surface area (Å²) in [4.78, 5) is 47.8. The first kappa shape index (κ1) is 32.3. The highest BCUT2D eigenvalue weighted by atomic mass is 32.2. The largest absolute Gasteiger partial charge is 0.480 e. The zero-order chi connectivity index (χ0) is 26.8. The van der Waals surface area contributed by atoms with E-state index in [-0.39, 0.29) is 20.6 Å². The molecule has 1 fully saturated rings. The Hall–Kier alpha value is -0.760. The fourth-order valence-electron chi connectivity index (χ4n) is 3.13. The van der Waals surface area contributed by atoms with Crippen LogP contribution in [0.5, 0.6) is 0 Å². The molecule has 0 bridgehead atoms. The van der Waals surface area contributed by atoms with E-state index in [2.05, 4.69) is 28.6 Å². The van der Waals surface area contributed by atoms with Crippen molar-refractivity contribution in [3.8, 4) is 0 Å². The molecule has 1 saturated heterocycles. The number of nitrogens with one attached hydrogen (secondary N) is 3. The van der Waals surface area contributed by atoms with Gasteiger partial charge in [0.1, 0.15) is 21.0 Å². The molecule has 4 atom stereocenters. The van der Waals surface area contributed by atoms with Crippen molar-refractivity contribution in [2.75, 3.05) is 26.2 Å². The highest BCUT2D eigenvalue weighted by Crippen LogP contribution is 2.51. The summed E-state index contributed by atoms with van der Waals surface area (Å²) in [6.45, 7) is 12.0. The Morgan fingerprint density at radius 3 is 2.06 bits per heavy atom. The number of carbonyl (C=O) groups is 4. The molecule has 0 saturated carbocycles. The summed E-state index contributed by atoms with van der Waals surface area (Å²) in [5.41, 5.74) is 0. The molecule has 5 N–H and O–H groups in total. The van der Waals surface area contributed by atoms with E-state index in [1.807, 2.05) is 34.6 Å². The molecular weight excluding hydrogens is 531 g/mol. The average molecular weight is 570 g/mol. The summed E-state index contributed by atoms with van der Waals surface area (Å²) in [5.74, 6) is -2.65. The van der Waals surface area contributed by atoms with Crippen LogP contribution < -0.4 is 16.0 Å². The minimum atomic E-state index is -1.12. The van der Waals surface area contributed by atoms with Crippen LogP contribution >= 0.6 is 47.9 Å². The van der Waals surface area contributed by atoms with E-state index in [9.17, 15) is 29.4 Å². The minimum absolute atomic E-state index is 0.241.